The van der Waals surface area contributed by atoms with Gasteiger partial charge in [-0.1, -0.05) is 0 Å². The van der Waals surface area contributed by atoms with E-state index in [0.717, 1.165) is 11.8 Å². The summed E-state index contributed by atoms with van der Waals surface area (Å²) in [5.41, 5.74) is 6.17. The summed E-state index contributed by atoms with van der Waals surface area (Å²) in [5.74, 6) is -0.485. The lowest BCUT2D eigenvalue weighted by molar-refractivity contribution is -0.125. The predicted molar refractivity (Wildman–Crippen MR) is 72.0 cm³/mol. The molecule has 0 bridgehead atoms. The smallest absolute Gasteiger partial charge is 0.266 e. The zero-order chi connectivity index (χ0) is 13.6. The van der Waals surface area contributed by atoms with Gasteiger partial charge in [0, 0.05) is 5.69 Å². The Labute approximate surface area is 109 Å². The molecule has 0 aliphatic carbocycles. The number of hydrogen-bond donors (Lipinski definition) is 4. The Morgan fingerprint density at radius 3 is 2.39 bits per heavy atom. The lowest BCUT2D eigenvalue weighted by atomic mass is 10.2. The molecule has 0 aliphatic rings. The Balaban J connectivity index is 2.63. The Hall–Kier alpha value is -1.73. The molecular formula is C11H15N3O3S. The largest absolute Gasteiger partial charge is 0.371 e. The van der Waals surface area contributed by atoms with Gasteiger partial charge in [-0.2, -0.15) is 0 Å². The van der Waals surface area contributed by atoms with Crippen LogP contribution < -0.4 is 16.2 Å². The maximum absolute atomic E-state index is 11.7. The van der Waals surface area contributed by atoms with Crippen LogP contribution >= 0.6 is 11.8 Å². The number of amides is 2. The van der Waals surface area contributed by atoms with Crippen molar-refractivity contribution < 1.29 is 14.7 Å². The minimum absolute atomic E-state index is 0.485. The standard InChI is InChI=1S/C11H15N3O3S/c1-11(17,18-2)10(16)13-8-3-5-9(6-4-8)14-12-7-15/h3-7,14,17H,1-2H3,(H,12,15)(H,13,16). The average Bonchev–Trinajstić information content (AvgIpc) is 2.37. The third-order valence-corrected chi connectivity index (χ3v) is 3.22. The van der Waals surface area contributed by atoms with Gasteiger partial charge in [0.05, 0.1) is 5.69 Å². The summed E-state index contributed by atoms with van der Waals surface area (Å²) < 4.78 is 0. The van der Waals surface area contributed by atoms with E-state index in [2.05, 4.69) is 16.2 Å². The minimum Gasteiger partial charge on any atom is -0.371 e. The van der Waals surface area contributed by atoms with Gasteiger partial charge in [-0.05, 0) is 37.4 Å². The van der Waals surface area contributed by atoms with Crippen molar-refractivity contribution in [2.75, 3.05) is 17.0 Å². The van der Waals surface area contributed by atoms with Crippen LogP contribution in [0.3, 0.4) is 0 Å². The van der Waals surface area contributed by atoms with Crippen LogP contribution in [0.4, 0.5) is 11.4 Å². The molecule has 0 aliphatic heterocycles. The molecule has 98 valence electrons. The highest BCUT2D eigenvalue weighted by molar-refractivity contribution is 8.00. The number of carbonyl (C=O) groups is 2. The maximum atomic E-state index is 11.7. The van der Waals surface area contributed by atoms with Crippen LogP contribution in [0.1, 0.15) is 6.92 Å². The highest BCUT2D eigenvalue weighted by Crippen LogP contribution is 2.21. The third kappa shape index (κ3) is 3.94. The first-order valence-corrected chi connectivity index (χ1v) is 6.36. The first kappa shape index (κ1) is 14.3. The molecule has 1 rings (SSSR count). The number of anilines is 2. The van der Waals surface area contributed by atoms with E-state index < -0.39 is 10.8 Å². The second kappa shape index (κ2) is 6.27. The van der Waals surface area contributed by atoms with Crippen molar-refractivity contribution in [3.8, 4) is 0 Å². The highest BCUT2D eigenvalue weighted by Gasteiger charge is 2.28. The van der Waals surface area contributed by atoms with Crippen molar-refractivity contribution in [2.45, 2.75) is 11.9 Å². The summed E-state index contributed by atoms with van der Waals surface area (Å²) in [6, 6.07) is 6.67. The van der Waals surface area contributed by atoms with E-state index in [9.17, 15) is 14.7 Å². The molecule has 0 heterocycles. The second-order valence-corrected chi connectivity index (χ2v) is 4.81. The van der Waals surface area contributed by atoms with E-state index in [0.29, 0.717) is 17.8 Å². The molecule has 4 N–H and O–H groups in total. The molecule has 1 aromatic rings. The SMILES string of the molecule is CSC(C)(O)C(=O)Nc1ccc(NNC=O)cc1. The predicted octanol–water partition coefficient (Wildman–Crippen LogP) is 0.769. The molecule has 1 aromatic carbocycles. The summed E-state index contributed by atoms with van der Waals surface area (Å²) in [7, 11) is 0. The molecule has 0 saturated carbocycles. The van der Waals surface area contributed by atoms with Gasteiger partial charge in [-0.15, -0.1) is 11.8 Å². The van der Waals surface area contributed by atoms with Crippen LogP contribution in [0, 0.1) is 0 Å². The van der Waals surface area contributed by atoms with Gasteiger partial charge in [0.2, 0.25) is 6.41 Å². The number of carbonyl (C=O) groups excluding carboxylic acids is 2. The fourth-order valence-electron chi connectivity index (χ4n) is 1.09. The van der Waals surface area contributed by atoms with E-state index in [4.69, 9.17) is 0 Å². The molecule has 0 fully saturated rings. The van der Waals surface area contributed by atoms with Crippen LogP contribution in [0.25, 0.3) is 0 Å². The highest BCUT2D eigenvalue weighted by atomic mass is 32.2. The van der Waals surface area contributed by atoms with Crippen molar-refractivity contribution >= 4 is 35.5 Å². The first-order valence-electron chi connectivity index (χ1n) is 5.14. The number of rotatable bonds is 6. The molecule has 0 aromatic heterocycles. The van der Waals surface area contributed by atoms with Gasteiger partial charge < -0.3 is 10.4 Å². The monoisotopic (exact) mass is 269 g/mol. The molecule has 1 atom stereocenters. The quantitative estimate of drug-likeness (QED) is 0.348. The molecule has 6 nitrogen and oxygen atoms in total. The summed E-state index contributed by atoms with van der Waals surface area (Å²) in [5, 5.41) is 12.3. The number of benzene rings is 1. The van der Waals surface area contributed by atoms with E-state index in [-0.39, 0.29) is 0 Å². The molecule has 7 heteroatoms. The fraction of sp³-hybridized carbons (Fsp3) is 0.273. The van der Waals surface area contributed by atoms with Gasteiger partial charge in [-0.25, -0.2) is 0 Å². The first-order chi connectivity index (χ1) is 8.49. The summed E-state index contributed by atoms with van der Waals surface area (Å²) >= 11 is 1.05. The van der Waals surface area contributed by atoms with Crippen LogP contribution in [-0.2, 0) is 9.59 Å². The van der Waals surface area contributed by atoms with Crippen LogP contribution in [0.2, 0.25) is 0 Å². The number of nitrogens with one attached hydrogen (secondary N) is 3. The maximum Gasteiger partial charge on any atom is 0.266 e. The normalized spacial score (nSPS) is 13.3. The molecular weight excluding hydrogens is 254 g/mol. The van der Waals surface area contributed by atoms with Gasteiger partial charge in [0.25, 0.3) is 5.91 Å². The number of thioether (sulfide) groups is 1. The second-order valence-electron chi connectivity index (χ2n) is 3.61. The Morgan fingerprint density at radius 2 is 1.89 bits per heavy atom. The van der Waals surface area contributed by atoms with E-state index in [1.54, 1.807) is 30.5 Å². The summed E-state index contributed by atoms with van der Waals surface area (Å²) in [6.45, 7) is 1.43. The zero-order valence-corrected chi connectivity index (χ0v) is 10.9. The number of aliphatic hydroxyl groups is 1. The lowest BCUT2D eigenvalue weighted by Crippen LogP contribution is -2.36. The average molecular weight is 269 g/mol. The van der Waals surface area contributed by atoms with Gasteiger partial charge in [0.15, 0.2) is 4.93 Å². The van der Waals surface area contributed by atoms with E-state index in [1.807, 2.05) is 0 Å². The summed E-state index contributed by atoms with van der Waals surface area (Å²) in [6.07, 6.45) is 2.17. The molecule has 0 saturated heterocycles. The van der Waals surface area contributed by atoms with E-state index in [1.165, 1.54) is 6.92 Å². The Morgan fingerprint density at radius 1 is 1.33 bits per heavy atom. The number of hydrogen-bond acceptors (Lipinski definition) is 5. The van der Waals surface area contributed by atoms with Crippen molar-refractivity contribution in [3.05, 3.63) is 24.3 Å². The van der Waals surface area contributed by atoms with Gasteiger partial charge in [0.1, 0.15) is 0 Å². The van der Waals surface area contributed by atoms with Crippen LogP contribution in [0.15, 0.2) is 24.3 Å². The molecule has 0 spiro atoms. The topological polar surface area (TPSA) is 90.5 Å². The zero-order valence-electron chi connectivity index (χ0n) is 10.1. The lowest BCUT2D eigenvalue weighted by Gasteiger charge is -2.19. The summed E-state index contributed by atoms with van der Waals surface area (Å²) in [4.78, 5) is 20.3. The number of hydrazine groups is 1. The van der Waals surface area contributed by atoms with Crippen molar-refractivity contribution in [2.24, 2.45) is 0 Å². The Kier molecular flexibility index (Phi) is 4.99. The molecule has 2 amide bonds. The van der Waals surface area contributed by atoms with Crippen molar-refractivity contribution in [1.29, 1.82) is 0 Å². The van der Waals surface area contributed by atoms with Crippen molar-refractivity contribution in [3.63, 3.8) is 0 Å². The Bertz CT molecular complexity index is 420. The van der Waals surface area contributed by atoms with Crippen LogP contribution in [0.5, 0.6) is 0 Å². The van der Waals surface area contributed by atoms with Gasteiger partial charge in [-0.3, -0.25) is 20.4 Å². The molecule has 18 heavy (non-hydrogen) atoms. The van der Waals surface area contributed by atoms with Crippen molar-refractivity contribution in [1.82, 2.24) is 5.43 Å². The minimum atomic E-state index is -1.46. The molecule has 0 radical (unpaired) electrons. The van der Waals surface area contributed by atoms with E-state index >= 15 is 0 Å². The molecule has 1 unspecified atom stereocenters. The third-order valence-electron chi connectivity index (χ3n) is 2.24. The van der Waals surface area contributed by atoms with Gasteiger partial charge >= 0.3 is 0 Å². The van der Waals surface area contributed by atoms with Crippen LogP contribution in [-0.4, -0.2) is 28.6 Å². The fourth-order valence-corrected chi connectivity index (χ4v) is 1.33.